The summed E-state index contributed by atoms with van der Waals surface area (Å²) >= 11 is 0. The SMILES string of the molecule is CCCC(=O)[O-].CCCCO. The standard InChI is InChI=1S/C4H8O2.C4H10O/c1-2-3-4(5)6;1-2-3-4-5/h2-3H2,1H3,(H,5,6);5H,2-4H2,1H3/p-1. The number of hydrogen-bond donors (Lipinski definition) is 1. The molecule has 3 nitrogen and oxygen atoms in total. The molecule has 0 spiro atoms. The Morgan fingerprint density at radius 3 is 1.91 bits per heavy atom. The van der Waals surface area contributed by atoms with Gasteiger partial charge in [-0.1, -0.05) is 26.7 Å². The lowest BCUT2D eigenvalue weighted by molar-refractivity contribution is -0.305. The van der Waals surface area contributed by atoms with Crippen molar-refractivity contribution in [3.63, 3.8) is 0 Å². The van der Waals surface area contributed by atoms with Crippen LogP contribution in [0.25, 0.3) is 0 Å². The maximum Gasteiger partial charge on any atom is 0.0430 e. The van der Waals surface area contributed by atoms with Gasteiger partial charge in [0.1, 0.15) is 0 Å². The Bertz CT molecular complexity index is 79.4. The van der Waals surface area contributed by atoms with Gasteiger partial charge in [0.05, 0.1) is 0 Å². The molecule has 0 aliphatic rings. The normalized spacial score (nSPS) is 8.27. The van der Waals surface area contributed by atoms with Gasteiger partial charge in [0.15, 0.2) is 0 Å². The van der Waals surface area contributed by atoms with E-state index in [4.69, 9.17) is 5.11 Å². The second kappa shape index (κ2) is 12.1. The summed E-state index contributed by atoms with van der Waals surface area (Å²) in [5.41, 5.74) is 0. The van der Waals surface area contributed by atoms with Gasteiger partial charge in [-0.05, 0) is 12.8 Å². The largest absolute Gasteiger partial charge is 0.550 e. The maximum absolute atomic E-state index is 9.49. The van der Waals surface area contributed by atoms with Gasteiger partial charge in [0.25, 0.3) is 0 Å². The van der Waals surface area contributed by atoms with Crippen LogP contribution in [0, 0.1) is 0 Å². The van der Waals surface area contributed by atoms with E-state index in [0.29, 0.717) is 13.0 Å². The summed E-state index contributed by atoms with van der Waals surface area (Å²) in [6.45, 7) is 4.20. The van der Waals surface area contributed by atoms with Gasteiger partial charge in [0, 0.05) is 12.6 Å². The van der Waals surface area contributed by atoms with Gasteiger partial charge in [-0.3, -0.25) is 0 Å². The Labute approximate surface area is 68.0 Å². The van der Waals surface area contributed by atoms with Crippen molar-refractivity contribution >= 4 is 5.97 Å². The Morgan fingerprint density at radius 1 is 1.36 bits per heavy atom. The van der Waals surface area contributed by atoms with Gasteiger partial charge in [-0.2, -0.15) is 0 Å². The van der Waals surface area contributed by atoms with E-state index in [2.05, 4.69) is 6.92 Å². The van der Waals surface area contributed by atoms with Crippen LogP contribution in [0.4, 0.5) is 0 Å². The molecule has 0 saturated carbocycles. The zero-order valence-corrected chi connectivity index (χ0v) is 7.30. The van der Waals surface area contributed by atoms with Gasteiger partial charge in [-0.15, -0.1) is 0 Å². The number of carbonyl (C=O) groups is 1. The van der Waals surface area contributed by atoms with E-state index >= 15 is 0 Å². The van der Waals surface area contributed by atoms with Crippen molar-refractivity contribution in [1.82, 2.24) is 0 Å². The van der Waals surface area contributed by atoms with E-state index in [1.807, 2.05) is 0 Å². The number of rotatable bonds is 4. The van der Waals surface area contributed by atoms with Crippen molar-refractivity contribution in [3.8, 4) is 0 Å². The number of aliphatic hydroxyl groups excluding tert-OH is 1. The lowest BCUT2D eigenvalue weighted by atomic mass is 10.4. The van der Waals surface area contributed by atoms with Crippen molar-refractivity contribution in [3.05, 3.63) is 0 Å². The lowest BCUT2D eigenvalue weighted by Gasteiger charge is -1.92. The number of aliphatic carboxylic acids is 1. The van der Waals surface area contributed by atoms with Gasteiger partial charge < -0.3 is 15.0 Å². The first-order valence-electron chi connectivity index (χ1n) is 3.99. The first-order chi connectivity index (χ1) is 5.18. The zero-order chi connectivity index (χ0) is 9.11. The molecule has 0 amide bonds. The van der Waals surface area contributed by atoms with Crippen molar-refractivity contribution in [1.29, 1.82) is 0 Å². The quantitative estimate of drug-likeness (QED) is 0.645. The first-order valence-corrected chi connectivity index (χ1v) is 3.99. The Kier molecular flexibility index (Phi) is 14.4. The molecule has 0 saturated heterocycles. The van der Waals surface area contributed by atoms with Crippen molar-refractivity contribution in [2.24, 2.45) is 0 Å². The molecule has 0 aromatic rings. The fourth-order valence-corrected chi connectivity index (χ4v) is 0.362. The van der Waals surface area contributed by atoms with Crippen molar-refractivity contribution < 1.29 is 15.0 Å². The summed E-state index contributed by atoms with van der Waals surface area (Å²) in [6, 6.07) is 0. The molecular weight excluding hydrogens is 144 g/mol. The highest BCUT2D eigenvalue weighted by atomic mass is 16.4. The number of aliphatic hydroxyl groups is 1. The van der Waals surface area contributed by atoms with Crippen LogP contribution in [0.3, 0.4) is 0 Å². The molecule has 0 fully saturated rings. The molecule has 0 atom stereocenters. The molecule has 0 aliphatic heterocycles. The number of carboxylic acids is 1. The minimum absolute atomic E-state index is 0.181. The zero-order valence-electron chi connectivity index (χ0n) is 7.30. The van der Waals surface area contributed by atoms with Crippen molar-refractivity contribution in [2.75, 3.05) is 6.61 Å². The summed E-state index contributed by atoms with van der Waals surface area (Å²) in [6.07, 6.45) is 2.89. The molecule has 1 N–H and O–H groups in total. The minimum Gasteiger partial charge on any atom is -0.550 e. The summed E-state index contributed by atoms with van der Waals surface area (Å²) in [5, 5.41) is 17.6. The Hall–Kier alpha value is -0.570. The summed E-state index contributed by atoms with van der Waals surface area (Å²) < 4.78 is 0. The summed E-state index contributed by atoms with van der Waals surface area (Å²) in [4.78, 5) is 9.49. The second-order valence-electron chi connectivity index (χ2n) is 2.20. The van der Waals surface area contributed by atoms with Gasteiger partial charge >= 0.3 is 0 Å². The molecule has 0 radical (unpaired) electrons. The number of carboxylic acid groups (broad SMARTS) is 1. The van der Waals surface area contributed by atoms with Crippen LogP contribution in [0.15, 0.2) is 0 Å². The predicted octanol–water partition coefficient (Wildman–Crippen LogP) is 0.315. The topological polar surface area (TPSA) is 60.4 Å². The van der Waals surface area contributed by atoms with Crippen LogP contribution in [-0.4, -0.2) is 17.7 Å². The van der Waals surface area contributed by atoms with Crippen molar-refractivity contribution in [2.45, 2.75) is 39.5 Å². The number of carbonyl (C=O) groups excluding carboxylic acids is 1. The third kappa shape index (κ3) is 26.5. The third-order valence-corrected chi connectivity index (χ3v) is 0.966. The monoisotopic (exact) mass is 161 g/mol. The number of unbranched alkanes of at least 4 members (excludes halogenated alkanes) is 1. The van der Waals surface area contributed by atoms with E-state index in [-0.39, 0.29) is 6.42 Å². The molecule has 0 heterocycles. The van der Waals surface area contributed by atoms with Crippen LogP contribution in [-0.2, 0) is 4.79 Å². The lowest BCUT2D eigenvalue weighted by Crippen LogP contribution is -2.20. The molecule has 11 heavy (non-hydrogen) atoms. The minimum atomic E-state index is -0.961. The predicted molar refractivity (Wildman–Crippen MR) is 41.9 cm³/mol. The Balaban J connectivity index is 0. The fourth-order valence-electron chi connectivity index (χ4n) is 0.362. The average Bonchev–Trinajstić information content (AvgIpc) is 1.90. The average molecular weight is 161 g/mol. The molecule has 0 aliphatic carbocycles. The van der Waals surface area contributed by atoms with Gasteiger partial charge in [-0.25, -0.2) is 0 Å². The molecule has 0 bridgehead atoms. The molecule has 0 unspecified atom stereocenters. The van der Waals surface area contributed by atoms with Crippen LogP contribution in [0.5, 0.6) is 0 Å². The summed E-state index contributed by atoms with van der Waals surface area (Å²) in [7, 11) is 0. The van der Waals surface area contributed by atoms with E-state index in [0.717, 1.165) is 12.8 Å². The molecule has 0 rings (SSSR count). The van der Waals surface area contributed by atoms with Crippen LogP contribution in [0.2, 0.25) is 0 Å². The number of hydrogen-bond acceptors (Lipinski definition) is 3. The van der Waals surface area contributed by atoms with Crippen LogP contribution >= 0.6 is 0 Å². The highest BCUT2D eigenvalue weighted by molar-refractivity contribution is 5.63. The van der Waals surface area contributed by atoms with Gasteiger partial charge in [0.2, 0.25) is 0 Å². The molecule has 3 heteroatoms. The second-order valence-corrected chi connectivity index (χ2v) is 2.20. The highest BCUT2D eigenvalue weighted by Crippen LogP contribution is 1.79. The molecule has 0 aromatic heterocycles. The highest BCUT2D eigenvalue weighted by Gasteiger charge is 1.75. The smallest absolute Gasteiger partial charge is 0.0430 e. The van der Waals surface area contributed by atoms with E-state index < -0.39 is 5.97 Å². The van der Waals surface area contributed by atoms with Crippen LogP contribution < -0.4 is 5.11 Å². The fraction of sp³-hybridized carbons (Fsp3) is 0.875. The van der Waals surface area contributed by atoms with E-state index in [1.54, 1.807) is 6.92 Å². The molecular formula is C8H17O3-. The molecule has 0 aromatic carbocycles. The molecule has 68 valence electrons. The van der Waals surface area contributed by atoms with Crippen LogP contribution in [0.1, 0.15) is 39.5 Å². The third-order valence-electron chi connectivity index (χ3n) is 0.966. The van der Waals surface area contributed by atoms with E-state index in [9.17, 15) is 9.90 Å². The summed E-state index contributed by atoms with van der Waals surface area (Å²) in [5.74, 6) is -0.961. The first kappa shape index (κ1) is 13.1. The maximum atomic E-state index is 9.49. The van der Waals surface area contributed by atoms with E-state index in [1.165, 1.54) is 0 Å². The Morgan fingerprint density at radius 2 is 1.91 bits per heavy atom.